The molecule has 1 heterocycles. The lowest BCUT2D eigenvalue weighted by Crippen LogP contribution is -2.46. The van der Waals surface area contributed by atoms with E-state index in [1.165, 1.54) is 49.9 Å². The first-order chi connectivity index (χ1) is 9.98. The molecule has 1 aromatic carbocycles. The highest BCUT2D eigenvalue weighted by atomic mass is 15.2. The quantitative estimate of drug-likeness (QED) is 0.843. The minimum Gasteiger partial charge on any atom is -0.323 e. The molecule has 1 saturated heterocycles. The van der Waals surface area contributed by atoms with Crippen LogP contribution in [0.4, 0.5) is 0 Å². The van der Waals surface area contributed by atoms with Crippen LogP contribution in [0.3, 0.4) is 0 Å². The van der Waals surface area contributed by atoms with Crippen LogP contribution in [0, 0.1) is 5.41 Å². The average molecular weight is 286 g/mol. The Bertz CT molecular complexity index is 494. The summed E-state index contributed by atoms with van der Waals surface area (Å²) in [4.78, 5) is 2.69. The van der Waals surface area contributed by atoms with Crippen LogP contribution in [0.2, 0.25) is 0 Å². The zero-order valence-electron chi connectivity index (χ0n) is 13.8. The molecule has 2 heteroatoms. The van der Waals surface area contributed by atoms with Gasteiger partial charge in [0.15, 0.2) is 0 Å². The Balaban J connectivity index is 1.81. The molecule has 0 bridgehead atoms. The van der Waals surface area contributed by atoms with Gasteiger partial charge in [0.2, 0.25) is 0 Å². The molecule has 1 aliphatic carbocycles. The maximum atomic E-state index is 6.66. The largest absolute Gasteiger partial charge is 0.323 e. The highest BCUT2D eigenvalue weighted by Gasteiger charge is 2.35. The molecule has 2 nitrogen and oxygen atoms in total. The SMILES string of the molecule is CC1CC(N2CCCC(C)(C)CC2)C(N)c2ccccc21. The zero-order valence-corrected chi connectivity index (χ0v) is 13.8. The van der Waals surface area contributed by atoms with E-state index >= 15 is 0 Å². The minimum atomic E-state index is 0.179. The molecule has 1 fully saturated rings. The van der Waals surface area contributed by atoms with Crippen molar-refractivity contribution in [2.75, 3.05) is 13.1 Å². The Morgan fingerprint density at radius 3 is 2.57 bits per heavy atom. The average Bonchev–Trinajstić information content (AvgIpc) is 2.64. The van der Waals surface area contributed by atoms with Crippen LogP contribution >= 0.6 is 0 Å². The van der Waals surface area contributed by atoms with Crippen LogP contribution in [0.15, 0.2) is 24.3 Å². The summed E-state index contributed by atoms with van der Waals surface area (Å²) in [7, 11) is 0. The molecule has 0 radical (unpaired) electrons. The van der Waals surface area contributed by atoms with Gasteiger partial charge in [-0.2, -0.15) is 0 Å². The Labute approximate surface area is 129 Å². The summed E-state index contributed by atoms with van der Waals surface area (Å²) >= 11 is 0. The lowest BCUT2D eigenvalue weighted by atomic mass is 9.77. The molecule has 1 aliphatic heterocycles. The van der Waals surface area contributed by atoms with Crippen LogP contribution in [0.5, 0.6) is 0 Å². The third-order valence-electron chi connectivity index (χ3n) is 5.74. The van der Waals surface area contributed by atoms with Gasteiger partial charge in [0, 0.05) is 12.1 Å². The van der Waals surface area contributed by atoms with Gasteiger partial charge in [0.25, 0.3) is 0 Å². The predicted molar refractivity (Wildman–Crippen MR) is 89.4 cm³/mol. The molecule has 3 rings (SSSR count). The van der Waals surface area contributed by atoms with E-state index in [0.29, 0.717) is 17.4 Å². The molecule has 116 valence electrons. The van der Waals surface area contributed by atoms with E-state index in [1.54, 1.807) is 0 Å². The van der Waals surface area contributed by atoms with E-state index < -0.39 is 0 Å². The van der Waals surface area contributed by atoms with Crippen molar-refractivity contribution in [3.63, 3.8) is 0 Å². The summed E-state index contributed by atoms with van der Waals surface area (Å²) in [6, 6.07) is 9.49. The number of hydrogen-bond acceptors (Lipinski definition) is 2. The molecular formula is C19H30N2. The Morgan fingerprint density at radius 1 is 1.10 bits per heavy atom. The molecule has 0 aromatic heterocycles. The first-order valence-electron chi connectivity index (χ1n) is 8.56. The third-order valence-corrected chi connectivity index (χ3v) is 5.74. The summed E-state index contributed by atoms with van der Waals surface area (Å²) < 4.78 is 0. The maximum Gasteiger partial charge on any atom is 0.0456 e. The number of likely N-dealkylation sites (tertiary alicyclic amines) is 1. The fourth-order valence-corrected chi connectivity index (χ4v) is 4.26. The van der Waals surface area contributed by atoms with Crippen LogP contribution in [-0.4, -0.2) is 24.0 Å². The summed E-state index contributed by atoms with van der Waals surface area (Å²) in [6.07, 6.45) is 5.16. The van der Waals surface area contributed by atoms with Crippen molar-refractivity contribution >= 4 is 0 Å². The van der Waals surface area contributed by atoms with Crippen LogP contribution in [0.25, 0.3) is 0 Å². The van der Waals surface area contributed by atoms with E-state index in [1.807, 2.05) is 0 Å². The molecule has 2 N–H and O–H groups in total. The molecule has 2 aliphatic rings. The Hall–Kier alpha value is -0.860. The number of nitrogens with zero attached hydrogens (tertiary/aromatic N) is 1. The molecular weight excluding hydrogens is 256 g/mol. The summed E-state index contributed by atoms with van der Waals surface area (Å²) in [5, 5.41) is 0. The summed E-state index contributed by atoms with van der Waals surface area (Å²) in [5.41, 5.74) is 10.0. The van der Waals surface area contributed by atoms with Crippen molar-refractivity contribution in [1.29, 1.82) is 0 Å². The number of fused-ring (bicyclic) bond motifs is 1. The van der Waals surface area contributed by atoms with E-state index in [-0.39, 0.29) is 6.04 Å². The molecule has 0 saturated carbocycles. The Kier molecular flexibility index (Phi) is 4.11. The fraction of sp³-hybridized carbons (Fsp3) is 0.684. The van der Waals surface area contributed by atoms with Gasteiger partial charge in [-0.15, -0.1) is 0 Å². The monoisotopic (exact) mass is 286 g/mol. The minimum absolute atomic E-state index is 0.179. The normalized spacial score (nSPS) is 33.2. The van der Waals surface area contributed by atoms with Gasteiger partial charge in [0.1, 0.15) is 0 Å². The van der Waals surface area contributed by atoms with Crippen LogP contribution in [0.1, 0.15) is 69.5 Å². The number of benzene rings is 1. The standard InChI is InChI=1S/C19H30N2/c1-14-13-17(18(20)16-8-5-4-7-15(14)16)21-11-6-9-19(2,3)10-12-21/h4-5,7-8,14,17-18H,6,9-13,20H2,1-3H3. The van der Waals surface area contributed by atoms with Gasteiger partial charge in [-0.25, -0.2) is 0 Å². The highest BCUT2D eigenvalue weighted by Crippen LogP contribution is 2.40. The number of nitrogens with two attached hydrogens (primary N) is 1. The second-order valence-electron chi connectivity index (χ2n) is 7.91. The van der Waals surface area contributed by atoms with Crippen molar-refractivity contribution in [2.24, 2.45) is 11.1 Å². The topological polar surface area (TPSA) is 29.3 Å². The number of hydrogen-bond donors (Lipinski definition) is 1. The smallest absolute Gasteiger partial charge is 0.0456 e. The van der Waals surface area contributed by atoms with Gasteiger partial charge in [-0.05, 0) is 61.2 Å². The summed E-state index contributed by atoms with van der Waals surface area (Å²) in [5.74, 6) is 0.627. The Morgan fingerprint density at radius 2 is 1.81 bits per heavy atom. The summed E-state index contributed by atoms with van der Waals surface area (Å²) in [6.45, 7) is 9.61. The van der Waals surface area contributed by atoms with E-state index in [0.717, 1.165) is 0 Å². The van der Waals surface area contributed by atoms with Gasteiger partial charge in [0.05, 0.1) is 0 Å². The van der Waals surface area contributed by atoms with Crippen LogP contribution in [-0.2, 0) is 0 Å². The molecule has 21 heavy (non-hydrogen) atoms. The van der Waals surface area contributed by atoms with Crippen molar-refractivity contribution in [1.82, 2.24) is 4.90 Å². The first kappa shape index (κ1) is 15.1. The molecule has 0 spiro atoms. The fourth-order valence-electron chi connectivity index (χ4n) is 4.26. The predicted octanol–water partition coefficient (Wildman–Crippen LogP) is 4.07. The van der Waals surface area contributed by atoms with Crippen molar-refractivity contribution in [3.05, 3.63) is 35.4 Å². The van der Waals surface area contributed by atoms with Crippen LogP contribution < -0.4 is 5.73 Å². The second-order valence-corrected chi connectivity index (χ2v) is 7.91. The van der Waals surface area contributed by atoms with Gasteiger partial charge < -0.3 is 5.73 Å². The number of rotatable bonds is 1. The van der Waals surface area contributed by atoms with E-state index in [2.05, 4.69) is 49.9 Å². The van der Waals surface area contributed by atoms with Crippen molar-refractivity contribution in [2.45, 2.75) is 64.5 Å². The molecule has 3 unspecified atom stereocenters. The molecule has 0 amide bonds. The van der Waals surface area contributed by atoms with Gasteiger partial charge in [-0.3, -0.25) is 4.90 Å². The first-order valence-corrected chi connectivity index (χ1v) is 8.56. The lowest BCUT2D eigenvalue weighted by Gasteiger charge is -2.41. The van der Waals surface area contributed by atoms with E-state index in [4.69, 9.17) is 5.73 Å². The second kappa shape index (κ2) is 5.73. The van der Waals surface area contributed by atoms with Crippen molar-refractivity contribution < 1.29 is 0 Å². The molecule has 1 aromatic rings. The molecule has 3 atom stereocenters. The maximum absolute atomic E-state index is 6.66. The zero-order chi connectivity index (χ0) is 15.0. The third kappa shape index (κ3) is 3.02. The van der Waals surface area contributed by atoms with E-state index in [9.17, 15) is 0 Å². The van der Waals surface area contributed by atoms with Gasteiger partial charge in [-0.1, -0.05) is 45.0 Å². The van der Waals surface area contributed by atoms with Gasteiger partial charge >= 0.3 is 0 Å². The lowest BCUT2D eigenvalue weighted by molar-refractivity contribution is 0.147. The van der Waals surface area contributed by atoms with Crippen molar-refractivity contribution in [3.8, 4) is 0 Å². The highest BCUT2D eigenvalue weighted by molar-refractivity contribution is 5.36.